The first-order chi connectivity index (χ1) is 10.1. The molecule has 0 aliphatic heterocycles. The van der Waals surface area contributed by atoms with Crippen LogP contribution in [-0.2, 0) is 7.05 Å². The molecular weight excluding hydrogens is 268 g/mol. The zero-order chi connectivity index (χ0) is 15.7. The number of nitrogens with zero attached hydrogens (tertiary/aromatic N) is 3. The molecule has 0 unspecified atom stereocenters. The third-order valence-electron chi connectivity index (χ3n) is 3.57. The molecule has 0 saturated carbocycles. The number of carbonyl (C=O) groups excluding carboxylic acids is 1. The van der Waals surface area contributed by atoms with Crippen molar-refractivity contribution in [2.75, 3.05) is 25.4 Å². The van der Waals surface area contributed by atoms with Crippen LogP contribution in [0.4, 0.5) is 5.69 Å². The van der Waals surface area contributed by atoms with Crippen molar-refractivity contribution in [3.63, 3.8) is 0 Å². The molecule has 1 aromatic rings. The van der Waals surface area contributed by atoms with Gasteiger partial charge in [-0.15, -0.1) is 0 Å². The van der Waals surface area contributed by atoms with Crippen molar-refractivity contribution in [2.24, 2.45) is 7.05 Å². The first-order valence-electron chi connectivity index (χ1n) is 7.79. The molecule has 0 spiro atoms. The largest absolute Gasteiger partial charge is 0.396 e. The van der Waals surface area contributed by atoms with Crippen molar-refractivity contribution < 1.29 is 9.90 Å². The molecule has 6 nitrogen and oxygen atoms in total. The van der Waals surface area contributed by atoms with E-state index in [2.05, 4.69) is 12.0 Å². The van der Waals surface area contributed by atoms with Gasteiger partial charge in [0.25, 0.3) is 5.91 Å². The first kappa shape index (κ1) is 17.5. The van der Waals surface area contributed by atoms with E-state index < -0.39 is 0 Å². The molecule has 0 atom stereocenters. The van der Waals surface area contributed by atoms with Crippen LogP contribution < -0.4 is 5.73 Å². The SMILES string of the molecule is CCCCCCCN(CCCO)C(=O)c1c(N)cnn1C. The molecule has 0 aliphatic carbocycles. The highest BCUT2D eigenvalue weighted by atomic mass is 16.3. The number of aromatic nitrogens is 2. The van der Waals surface area contributed by atoms with E-state index in [-0.39, 0.29) is 12.5 Å². The lowest BCUT2D eigenvalue weighted by Crippen LogP contribution is -2.35. The van der Waals surface area contributed by atoms with Crippen molar-refractivity contribution in [1.82, 2.24) is 14.7 Å². The van der Waals surface area contributed by atoms with Crippen LogP contribution in [0.2, 0.25) is 0 Å². The Bertz CT molecular complexity index is 412. The molecule has 0 fully saturated rings. The van der Waals surface area contributed by atoms with Gasteiger partial charge in [-0.1, -0.05) is 32.6 Å². The van der Waals surface area contributed by atoms with E-state index in [1.807, 2.05) is 0 Å². The van der Waals surface area contributed by atoms with Gasteiger partial charge in [0.15, 0.2) is 0 Å². The summed E-state index contributed by atoms with van der Waals surface area (Å²) in [6.07, 6.45) is 7.83. The van der Waals surface area contributed by atoms with E-state index in [4.69, 9.17) is 10.8 Å². The predicted octanol–water partition coefficient (Wildman–Crippen LogP) is 1.80. The molecule has 0 aliphatic rings. The molecule has 3 N–H and O–H groups in total. The number of rotatable bonds is 10. The number of nitrogens with two attached hydrogens (primary N) is 1. The number of amides is 1. The summed E-state index contributed by atoms with van der Waals surface area (Å²) in [5, 5.41) is 13.0. The van der Waals surface area contributed by atoms with Crippen LogP contribution in [0.25, 0.3) is 0 Å². The van der Waals surface area contributed by atoms with Crippen molar-refractivity contribution in [2.45, 2.75) is 45.4 Å². The van der Waals surface area contributed by atoms with Crippen LogP contribution in [0, 0.1) is 0 Å². The molecule has 120 valence electrons. The molecule has 6 heteroatoms. The third-order valence-corrected chi connectivity index (χ3v) is 3.57. The first-order valence-corrected chi connectivity index (χ1v) is 7.79. The van der Waals surface area contributed by atoms with Crippen molar-refractivity contribution in [3.05, 3.63) is 11.9 Å². The monoisotopic (exact) mass is 296 g/mol. The van der Waals surface area contributed by atoms with Gasteiger partial charge in [-0.3, -0.25) is 9.48 Å². The maximum Gasteiger partial charge on any atom is 0.274 e. The fourth-order valence-corrected chi connectivity index (χ4v) is 2.35. The molecule has 1 aromatic heterocycles. The lowest BCUT2D eigenvalue weighted by Gasteiger charge is -2.22. The Hall–Kier alpha value is -1.56. The fourth-order valence-electron chi connectivity index (χ4n) is 2.35. The number of hydrogen-bond acceptors (Lipinski definition) is 4. The topological polar surface area (TPSA) is 84.4 Å². The summed E-state index contributed by atoms with van der Waals surface area (Å²) in [5.41, 5.74) is 6.66. The smallest absolute Gasteiger partial charge is 0.274 e. The second-order valence-electron chi connectivity index (χ2n) is 5.36. The molecule has 0 saturated heterocycles. The molecule has 0 aromatic carbocycles. The number of carbonyl (C=O) groups is 1. The van der Waals surface area contributed by atoms with Crippen LogP contribution in [0.15, 0.2) is 6.20 Å². The lowest BCUT2D eigenvalue weighted by molar-refractivity contribution is 0.0731. The van der Waals surface area contributed by atoms with E-state index in [1.54, 1.807) is 11.9 Å². The standard InChI is InChI=1S/C15H28N4O2/c1-3-4-5-6-7-9-19(10-8-11-20)15(21)14-13(16)12-17-18(14)2/h12,20H,3-11,16H2,1-2H3. The van der Waals surface area contributed by atoms with Gasteiger partial charge < -0.3 is 15.7 Å². The number of nitrogen functional groups attached to an aromatic ring is 1. The molecule has 1 amide bonds. The molecule has 0 bridgehead atoms. The summed E-state index contributed by atoms with van der Waals surface area (Å²) in [4.78, 5) is 14.4. The van der Waals surface area contributed by atoms with Crippen LogP contribution >= 0.6 is 0 Å². The highest BCUT2D eigenvalue weighted by Gasteiger charge is 2.21. The summed E-state index contributed by atoms with van der Waals surface area (Å²) in [7, 11) is 1.72. The van der Waals surface area contributed by atoms with E-state index in [0.717, 1.165) is 12.8 Å². The summed E-state index contributed by atoms with van der Waals surface area (Å²) in [5.74, 6) is -0.101. The summed E-state index contributed by atoms with van der Waals surface area (Å²) >= 11 is 0. The zero-order valence-corrected chi connectivity index (χ0v) is 13.2. The van der Waals surface area contributed by atoms with Gasteiger partial charge in [-0.05, 0) is 12.8 Å². The number of aliphatic hydroxyl groups excluding tert-OH is 1. The fraction of sp³-hybridized carbons (Fsp3) is 0.733. The van der Waals surface area contributed by atoms with E-state index in [9.17, 15) is 4.79 Å². The zero-order valence-electron chi connectivity index (χ0n) is 13.2. The highest BCUT2D eigenvalue weighted by molar-refractivity contribution is 5.97. The summed E-state index contributed by atoms with van der Waals surface area (Å²) < 4.78 is 1.51. The Labute approximate surface area is 126 Å². The van der Waals surface area contributed by atoms with Gasteiger partial charge in [0, 0.05) is 26.7 Å². The van der Waals surface area contributed by atoms with E-state index in [0.29, 0.717) is 30.9 Å². The number of hydrogen-bond donors (Lipinski definition) is 2. The number of aliphatic hydroxyl groups is 1. The van der Waals surface area contributed by atoms with E-state index >= 15 is 0 Å². The highest BCUT2D eigenvalue weighted by Crippen LogP contribution is 2.14. The number of anilines is 1. The minimum atomic E-state index is -0.101. The molecule has 21 heavy (non-hydrogen) atoms. The van der Waals surface area contributed by atoms with Crippen molar-refractivity contribution in [1.29, 1.82) is 0 Å². The second kappa shape index (κ2) is 9.39. The van der Waals surface area contributed by atoms with Crippen LogP contribution in [-0.4, -0.2) is 45.4 Å². The van der Waals surface area contributed by atoms with Crippen molar-refractivity contribution in [3.8, 4) is 0 Å². The molecule has 1 heterocycles. The predicted molar refractivity (Wildman–Crippen MR) is 84.0 cm³/mol. The summed E-state index contributed by atoms with van der Waals surface area (Å²) in [6, 6.07) is 0. The van der Waals surface area contributed by atoms with Crippen molar-refractivity contribution >= 4 is 11.6 Å². The quantitative estimate of drug-likeness (QED) is 0.645. The maximum absolute atomic E-state index is 12.6. The second-order valence-corrected chi connectivity index (χ2v) is 5.36. The van der Waals surface area contributed by atoms with E-state index in [1.165, 1.54) is 30.1 Å². The molecule has 1 rings (SSSR count). The number of unbranched alkanes of at least 4 members (excludes halogenated alkanes) is 4. The average molecular weight is 296 g/mol. The van der Waals surface area contributed by atoms with Crippen LogP contribution in [0.3, 0.4) is 0 Å². The van der Waals surface area contributed by atoms with Gasteiger partial charge in [0.2, 0.25) is 0 Å². The Morgan fingerprint density at radius 3 is 2.52 bits per heavy atom. The van der Waals surface area contributed by atoms with Crippen LogP contribution in [0.5, 0.6) is 0 Å². The van der Waals surface area contributed by atoms with Gasteiger partial charge in [-0.2, -0.15) is 5.10 Å². The van der Waals surface area contributed by atoms with Gasteiger partial charge in [-0.25, -0.2) is 0 Å². The molecular formula is C15H28N4O2. The van der Waals surface area contributed by atoms with Crippen LogP contribution in [0.1, 0.15) is 55.9 Å². The Morgan fingerprint density at radius 1 is 1.29 bits per heavy atom. The summed E-state index contributed by atoms with van der Waals surface area (Å²) in [6.45, 7) is 3.52. The number of aryl methyl sites for hydroxylation is 1. The minimum Gasteiger partial charge on any atom is -0.396 e. The Balaban J connectivity index is 2.61. The third kappa shape index (κ3) is 5.38. The maximum atomic E-state index is 12.6. The Kier molecular flexibility index (Phi) is 7.82. The van der Waals surface area contributed by atoms with Gasteiger partial charge >= 0.3 is 0 Å². The van der Waals surface area contributed by atoms with Gasteiger partial charge in [0.05, 0.1) is 11.9 Å². The minimum absolute atomic E-state index is 0.0838. The lowest BCUT2D eigenvalue weighted by atomic mass is 10.1. The van der Waals surface area contributed by atoms with Gasteiger partial charge in [0.1, 0.15) is 5.69 Å². The Morgan fingerprint density at radius 2 is 1.95 bits per heavy atom. The molecule has 0 radical (unpaired) electrons. The normalized spacial score (nSPS) is 10.8. The average Bonchev–Trinajstić information content (AvgIpc) is 2.80.